The van der Waals surface area contributed by atoms with E-state index in [1.165, 1.54) is 0 Å². The lowest BCUT2D eigenvalue weighted by atomic mass is 10.1. The van der Waals surface area contributed by atoms with E-state index in [2.05, 4.69) is 5.32 Å². The van der Waals surface area contributed by atoms with Crippen molar-refractivity contribution in [2.75, 3.05) is 11.9 Å². The lowest BCUT2D eigenvalue weighted by molar-refractivity contribution is -0.127. The molecule has 0 aliphatic carbocycles. The lowest BCUT2D eigenvalue weighted by Gasteiger charge is -2.12. The number of para-hydroxylation sites is 1. The van der Waals surface area contributed by atoms with Gasteiger partial charge in [-0.1, -0.05) is 48.0 Å². The first-order valence-electron chi connectivity index (χ1n) is 7.70. The van der Waals surface area contributed by atoms with Gasteiger partial charge in [-0.2, -0.15) is 0 Å². The molecule has 3 rings (SSSR count). The number of carbonyl (C=O) groups is 3. The van der Waals surface area contributed by atoms with Gasteiger partial charge in [0.05, 0.1) is 4.91 Å². The van der Waals surface area contributed by atoms with Gasteiger partial charge in [-0.15, -0.1) is 0 Å². The number of imide groups is 1. The van der Waals surface area contributed by atoms with Crippen LogP contribution in [0.25, 0.3) is 6.08 Å². The van der Waals surface area contributed by atoms with Crippen LogP contribution in [0.5, 0.6) is 0 Å². The maximum absolute atomic E-state index is 12.4. The average molecular weight is 352 g/mol. The normalized spacial score (nSPS) is 15.7. The van der Waals surface area contributed by atoms with Crippen LogP contribution in [0.1, 0.15) is 11.1 Å². The van der Waals surface area contributed by atoms with Crippen molar-refractivity contribution in [2.45, 2.75) is 6.92 Å². The molecule has 1 heterocycles. The van der Waals surface area contributed by atoms with Crippen molar-refractivity contribution in [3.05, 3.63) is 70.6 Å². The van der Waals surface area contributed by atoms with E-state index in [4.69, 9.17) is 0 Å². The zero-order valence-electron chi connectivity index (χ0n) is 13.6. The molecule has 2 aromatic rings. The van der Waals surface area contributed by atoms with Gasteiger partial charge >= 0.3 is 0 Å². The maximum Gasteiger partial charge on any atom is 0.294 e. The Bertz CT molecular complexity index is 845. The Balaban J connectivity index is 1.69. The topological polar surface area (TPSA) is 66.5 Å². The summed E-state index contributed by atoms with van der Waals surface area (Å²) in [5.74, 6) is -0.858. The molecule has 126 valence electrons. The Kier molecular flexibility index (Phi) is 5.00. The van der Waals surface area contributed by atoms with Crippen molar-refractivity contribution in [1.82, 2.24) is 4.90 Å². The highest BCUT2D eigenvalue weighted by atomic mass is 32.2. The van der Waals surface area contributed by atoms with E-state index in [-0.39, 0.29) is 6.54 Å². The summed E-state index contributed by atoms with van der Waals surface area (Å²) >= 11 is 0.848. The van der Waals surface area contributed by atoms with E-state index >= 15 is 0 Å². The van der Waals surface area contributed by atoms with Crippen molar-refractivity contribution >= 4 is 40.6 Å². The van der Waals surface area contributed by atoms with Crippen LogP contribution >= 0.6 is 11.8 Å². The predicted octanol–water partition coefficient (Wildman–Crippen LogP) is 3.67. The molecule has 0 unspecified atom stereocenters. The van der Waals surface area contributed by atoms with Crippen LogP contribution in [0.2, 0.25) is 0 Å². The van der Waals surface area contributed by atoms with Gasteiger partial charge in [0.1, 0.15) is 6.54 Å². The first kappa shape index (κ1) is 17.0. The summed E-state index contributed by atoms with van der Waals surface area (Å²) in [6.45, 7) is 1.67. The van der Waals surface area contributed by atoms with E-state index in [0.29, 0.717) is 10.6 Å². The minimum atomic E-state index is -0.446. The van der Waals surface area contributed by atoms with E-state index in [1.807, 2.05) is 37.3 Å². The maximum atomic E-state index is 12.4. The van der Waals surface area contributed by atoms with Gasteiger partial charge in [-0.05, 0) is 42.5 Å². The Hall–Kier alpha value is -2.86. The molecule has 1 saturated heterocycles. The summed E-state index contributed by atoms with van der Waals surface area (Å²) < 4.78 is 0. The lowest BCUT2D eigenvalue weighted by Crippen LogP contribution is -2.36. The molecule has 0 radical (unpaired) electrons. The van der Waals surface area contributed by atoms with Gasteiger partial charge < -0.3 is 5.32 Å². The zero-order chi connectivity index (χ0) is 17.8. The molecule has 1 aliphatic rings. The molecule has 0 spiro atoms. The SMILES string of the molecule is Cc1ccc(/C=C2\SC(=O)N(CC(=O)Nc3ccccc3)C2=O)cc1. The van der Waals surface area contributed by atoms with Crippen LogP contribution in [0.15, 0.2) is 59.5 Å². The second-order valence-corrected chi connectivity index (χ2v) is 6.59. The second-order valence-electron chi connectivity index (χ2n) is 5.59. The van der Waals surface area contributed by atoms with Gasteiger partial charge in [0.15, 0.2) is 0 Å². The molecule has 5 nitrogen and oxygen atoms in total. The molecule has 0 atom stereocenters. The van der Waals surface area contributed by atoms with Gasteiger partial charge in [0, 0.05) is 5.69 Å². The molecular formula is C19H16N2O3S. The molecule has 2 aromatic carbocycles. The monoisotopic (exact) mass is 352 g/mol. The molecule has 25 heavy (non-hydrogen) atoms. The highest BCUT2D eigenvalue weighted by molar-refractivity contribution is 8.18. The second kappa shape index (κ2) is 7.36. The van der Waals surface area contributed by atoms with Crippen molar-refractivity contribution in [3.8, 4) is 0 Å². The van der Waals surface area contributed by atoms with Gasteiger partial charge in [0.2, 0.25) is 5.91 Å². The first-order valence-corrected chi connectivity index (χ1v) is 8.51. The van der Waals surface area contributed by atoms with E-state index in [1.54, 1.807) is 30.3 Å². The Morgan fingerprint density at radius 1 is 1.08 bits per heavy atom. The predicted molar refractivity (Wildman–Crippen MR) is 98.9 cm³/mol. The standard InChI is InChI=1S/C19H16N2O3S/c1-13-7-9-14(10-8-13)11-16-18(23)21(19(24)25-16)12-17(22)20-15-5-3-2-4-6-15/h2-11H,12H2,1H3,(H,20,22)/b16-11-. The average Bonchev–Trinajstić information content (AvgIpc) is 2.85. The van der Waals surface area contributed by atoms with Crippen LogP contribution in [0, 0.1) is 6.92 Å². The van der Waals surface area contributed by atoms with Crippen LogP contribution in [0.4, 0.5) is 10.5 Å². The smallest absolute Gasteiger partial charge is 0.294 e. The molecule has 0 aromatic heterocycles. The van der Waals surface area contributed by atoms with Crippen molar-refractivity contribution < 1.29 is 14.4 Å². The number of nitrogens with one attached hydrogen (secondary N) is 1. The Morgan fingerprint density at radius 3 is 2.44 bits per heavy atom. The van der Waals surface area contributed by atoms with E-state index in [9.17, 15) is 14.4 Å². The summed E-state index contributed by atoms with van der Waals surface area (Å²) in [5, 5.41) is 2.23. The highest BCUT2D eigenvalue weighted by Gasteiger charge is 2.36. The first-order chi connectivity index (χ1) is 12.0. The molecule has 3 amide bonds. The van der Waals surface area contributed by atoms with Gasteiger partial charge in [0.25, 0.3) is 11.1 Å². The summed E-state index contributed by atoms with van der Waals surface area (Å²) in [6.07, 6.45) is 1.67. The Labute approximate surface area is 149 Å². The number of benzene rings is 2. The van der Waals surface area contributed by atoms with Crippen LogP contribution in [-0.4, -0.2) is 28.5 Å². The molecule has 1 fully saturated rings. The fraction of sp³-hybridized carbons (Fsp3) is 0.105. The fourth-order valence-electron chi connectivity index (χ4n) is 2.32. The largest absolute Gasteiger partial charge is 0.325 e. The Morgan fingerprint density at radius 2 is 1.76 bits per heavy atom. The number of rotatable bonds is 4. The number of anilines is 1. The summed E-state index contributed by atoms with van der Waals surface area (Å²) in [6, 6.07) is 16.5. The van der Waals surface area contributed by atoms with E-state index < -0.39 is 17.1 Å². The number of nitrogens with zero attached hydrogens (tertiary/aromatic N) is 1. The highest BCUT2D eigenvalue weighted by Crippen LogP contribution is 2.32. The molecule has 0 saturated carbocycles. The fourth-order valence-corrected chi connectivity index (χ4v) is 3.15. The van der Waals surface area contributed by atoms with Crippen molar-refractivity contribution in [1.29, 1.82) is 0 Å². The molecule has 1 N–H and O–H groups in total. The quantitative estimate of drug-likeness (QED) is 0.853. The number of hydrogen-bond donors (Lipinski definition) is 1. The number of hydrogen-bond acceptors (Lipinski definition) is 4. The minimum absolute atomic E-state index is 0.301. The third kappa shape index (κ3) is 4.16. The number of thioether (sulfide) groups is 1. The van der Waals surface area contributed by atoms with Crippen LogP contribution < -0.4 is 5.32 Å². The van der Waals surface area contributed by atoms with Gasteiger partial charge in [-0.3, -0.25) is 19.3 Å². The van der Waals surface area contributed by atoms with E-state index in [0.717, 1.165) is 27.8 Å². The van der Waals surface area contributed by atoms with Crippen LogP contribution in [-0.2, 0) is 9.59 Å². The summed E-state index contributed by atoms with van der Waals surface area (Å²) in [7, 11) is 0. The summed E-state index contributed by atoms with van der Waals surface area (Å²) in [5.41, 5.74) is 2.57. The third-order valence-electron chi connectivity index (χ3n) is 3.61. The van der Waals surface area contributed by atoms with Crippen molar-refractivity contribution in [2.24, 2.45) is 0 Å². The van der Waals surface area contributed by atoms with Gasteiger partial charge in [-0.25, -0.2) is 0 Å². The molecule has 6 heteroatoms. The molecule has 0 bridgehead atoms. The number of aryl methyl sites for hydroxylation is 1. The third-order valence-corrected chi connectivity index (χ3v) is 4.52. The minimum Gasteiger partial charge on any atom is -0.325 e. The van der Waals surface area contributed by atoms with Crippen molar-refractivity contribution in [3.63, 3.8) is 0 Å². The molecule has 1 aliphatic heterocycles. The summed E-state index contributed by atoms with van der Waals surface area (Å²) in [4.78, 5) is 37.8. The number of carbonyl (C=O) groups excluding carboxylic acids is 3. The number of amides is 3. The zero-order valence-corrected chi connectivity index (χ0v) is 14.4. The van der Waals surface area contributed by atoms with Crippen LogP contribution in [0.3, 0.4) is 0 Å². The molecular weight excluding hydrogens is 336 g/mol.